The lowest BCUT2D eigenvalue weighted by Crippen LogP contribution is -2.34. The van der Waals surface area contributed by atoms with E-state index in [4.69, 9.17) is 5.11 Å². The van der Waals surface area contributed by atoms with E-state index in [9.17, 15) is 4.39 Å². The quantitative estimate of drug-likeness (QED) is 0.696. The van der Waals surface area contributed by atoms with Gasteiger partial charge in [0, 0.05) is 6.54 Å². The zero-order valence-corrected chi connectivity index (χ0v) is 7.51. The van der Waals surface area contributed by atoms with E-state index in [1.54, 1.807) is 0 Å². The molecule has 1 rings (SSSR count). The van der Waals surface area contributed by atoms with E-state index in [-0.39, 0.29) is 0 Å². The molecule has 0 aromatic heterocycles. The number of hydrogen-bond donors (Lipinski definition) is 1. The minimum Gasteiger partial charge on any atom is -0.389 e. The molecule has 0 saturated carbocycles. The Hall–Kier alpha value is -0.150. The van der Waals surface area contributed by atoms with Crippen LogP contribution >= 0.6 is 0 Å². The summed E-state index contributed by atoms with van der Waals surface area (Å²) in [4.78, 5) is 2.16. The molecule has 1 atom stereocenters. The summed E-state index contributed by atoms with van der Waals surface area (Å²) in [6, 6.07) is 0. The van der Waals surface area contributed by atoms with Crippen LogP contribution in [-0.4, -0.2) is 42.4 Å². The summed E-state index contributed by atoms with van der Waals surface area (Å²) in [5, 5.41) is 9.09. The molecule has 1 heterocycles. The third-order valence-corrected chi connectivity index (χ3v) is 2.35. The Kier molecular flexibility index (Phi) is 4.54. The third kappa shape index (κ3) is 3.50. The highest BCUT2D eigenvalue weighted by molar-refractivity contribution is 4.67. The van der Waals surface area contributed by atoms with Crippen LogP contribution < -0.4 is 0 Å². The molecule has 0 amide bonds. The van der Waals surface area contributed by atoms with Crippen LogP contribution in [0.15, 0.2) is 0 Å². The highest BCUT2D eigenvalue weighted by Crippen LogP contribution is 2.09. The van der Waals surface area contributed by atoms with Gasteiger partial charge in [0.1, 0.15) is 6.67 Å². The third-order valence-electron chi connectivity index (χ3n) is 2.35. The van der Waals surface area contributed by atoms with Crippen LogP contribution in [0.5, 0.6) is 0 Å². The normalized spacial score (nSPS) is 23.5. The molecule has 2 nitrogen and oxygen atoms in total. The second-order valence-corrected chi connectivity index (χ2v) is 3.52. The van der Waals surface area contributed by atoms with E-state index < -0.39 is 12.8 Å². The first kappa shape index (κ1) is 9.93. The monoisotopic (exact) mass is 175 g/mol. The molecule has 1 fully saturated rings. The molecule has 1 aliphatic heterocycles. The summed E-state index contributed by atoms with van der Waals surface area (Å²) in [7, 11) is 0. The van der Waals surface area contributed by atoms with Crippen molar-refractivity contribution in [1.82, 2.24) is 4.90 Å². The predicted octanol–water partition coefficient (Wildman–Crippen LogP) is 1.19. The molecule has 72 valence electrons. The van der Waals surface area contributed by atoms with Crippen LogP contribution in [0.2, 0.25) is 0 Å². The Labute approximate surface area is 73.4 Å². The highest BCUT2D eigenvalue weighted by atomic mass is 19.1. The fourth-order valence-electron chi connectivity index (χ4n) is 1.67. The summed E-state index contributed by atoms with van der Waals surface area (Å²) in [5.74, 6) is 0. The van der Waals surface area contributed by atoms with Gasteiger partial charge in [-0.3, -0.25) is 0 Å². The molecule has 0 spiro atoms. The number of aliphatic hydroxyl groups is 1. The molecule has 1 saturated heterocycles. The van der Waals surface area contributed by atoms with Crippen molar-refractivity contribution in [2.24, 2.45) is 0 Å². The minimum absolute atomic E-state index is 0.510. The zero-order chi connectivity index (χ0) is 8.81. The van der Waals surface area contributed by atoms with E-state index in [1.807, 2.05) is 0 Å². The van der Waals surface area contributed by atoms with Gasteiger partial charge in [-0.1, -0.05) is 12.8 Å². The van der Waals surface area contributed by atoms with E-state index in [1.165, 1.54) is 25.7 Å². The first-order valence-corrected chi connectivity index (χ1v) is 4.79. The summed E-state index contributed by atoms with van der Waals surface area (Å²) in [6.07, 6.45) is 4.17. The van der Waals surface area contributed by atoms with Crippen LogP contribution in [0, 0.1) is 0 Å². The predicted molar refractivity (Wildman–Crippen MR) is 46.9 cm³/mol. The zero-order valence-electron chi connectivity index (χ0n) is 7.51. The SMILES string of the molecule is OC(CF)CN1CCCCCC1. The molecule has 1 unspecified atom stereocenters. The molecule has 1 aliphatic rings. The first-order valence-electron chi connectivity index (χ1n) is 4.79. The lowest BCUT2D eigenvalue weighted by molar-refractivity contribution is 0.0912. The topological polar surface area (TPSA) is 23.5 Å². The van der Waals surface area contributed by atoms with Crippen molar-refractivity contribution < 1.29 is 9.50 Å². The molecule has 1 N–H and O–H groups in total. The molecule has 0 aromatic carbocycles. The Balaban J connectivity index is 2.20. The van der Waals surface area contributed by atoms with Crippen LogP contribution in [-0.2, 0) is 0 Å². The van der Waals surface area contributed by atoms with Gasteiger partial charge in [0.2, 0.25) is 0 Å². The van der Waals surface area contributed by atoms with E-state index in [0.717, 1.165) is 13.1 Å². The van der Waals surface area contributed by atoms with Gasteiger partial charge in [-0.15, -0.1) is 0 Å². The second kappa shape index (κ2) is 5.49. The van der Waals surface area contributed by atoms with Gasteiger partial charge in [-0.25, -0.2) is 4.39 Å². The molecule has 0 radical (unpaired) electrons. The molecule has 0 aromatic rings. The summed E-state index contributed by atoms with van der Waals surface area (Å²) in [6.45, 7) is 1.95. The van der Waals surface area contributed by atoms with Crippen LogP contribution in [0.4, 0.5) is 4.39 Å². The maximum atomic E-state index is 12.0. The molecule has 3 heteroatoms. The second-order valence-electron chi connectivity index (χ2n) is 3.52. The number of rotatable bonds is 3. The summed E-state index contributed by atoms with van der Waals surface area (Å²) >= 11 is 0. The van der Waals surface area contributed by atoms with Gasteiger partial charge < -0.3 is 10.0 Å². The lowest BCUT2D eigenvalue weighted by atomic mass is 10.2. The van der Waals surface area contributed by atoms with E-state index in [2.05, 4.69) is 4.90 Å². The minimum atomic E-state index is -0.775. The van der Waals surface area contributed by atoms with Gasteiger partial charge in [-0.2, -0.15) is 0 Å². The Bertz CT molecular complexity index is 113. The van der Waals surface area contributed by atoms with Crippen LogP contribution in [0.1, 0.15) is 25.7 Å². The van der Waals surface area contributed by atoms with Crippen molar-refractivity contribution in [3.05, 3.63) is 0 Å². The Morgan fingerprint density at radius 1 is 1.17 bits per heavy atom. The highest BCUT2D eigenvalue weighted by Gasteiger charge is 2.12. The number of halogens is 1. The standard InChI is InChI=1S/C9H18FNO/c10-7-9(12)8-11-5-3-1-2-4-6-11/h9,12H,1-8H2. The van der Waals surface area contributed by atoms with Crippen LogP contribution in [0.25, 0.3) is 0 Å². The van der Waals surface area contributed by atoms with Crippen molar-refractivity contribution in [2.45, 2.75) is 31.8 Å². The number of alkyl halides is 1. The fourth-order valence-corrected chi connectivity index (χ4v) is 1.67. The molecular formula is C9H18FNO. The number of hydrogen-bond acceptors (Lipinski definition) is 2. The first-order chi connectivity index (χ1) is 5.83. The number of likely N-dealkylation sites (tertiary alicyclic amines) is 1. The lowest BCUT2D eigenvalue weighted by Gasteiger charge is -2.21. The number of aliphatic hydroxyl groups excluding tert-OH is 1. The largest absolute Gasteiger partial charge is 0.389 e. The van der Waals surface area contributed by atoms with Crippen molar-refractivity contribution >= 4 is 0 Å². The van der Waals surface area contributed by atoms with Gasteiger partial charge in [0.25, 0.3) is 0 Å². The van der Waals surface area contributed by atoms with Gasteiger partial charge in [-0.05, 0) is 25.9 Å². The Morgan fingerprint density at radius 3 is 2.25 bits per heavy atom. The molecule has 0 aliphatic carbocycles. The van der Waals surface area contributed by atoms with Gasteiger partial charge >= 0.3 is 0 Å². The van der Waals surface area contributed by atoms with Crippen molar-refractivity contribution in [2.75, 3.05) is 26.3 Å². The average molecular weight is 175 g/mol. The van der Waals surface area contributed by atoms with Gasteiger partial charge in [0.05, 0.1) is 6.10 Å². The number of nitrogens with zero attached hydrogens (tertiary/aromatic N) is 1. The molecule has 0 bridgehead atoms. The maximum Gasteiger partial charge on any atom is 0.117 e. The van der Waals surface area contributed by atoms with Crippen molar-refractivity contribution in [3.63, 3.8) is 0 Å². The molecular weight excluding hydrogens is 157 g/mol. The smallest absolute Gasteiger partial charge is 0.117 e. The number of β-amino-alcohol motifs (C(OH)–C–C–N with tert-alkyl or cyclic N) is 1. The summed E-state index contributed by atoms with van der Waals surface area (Å²) in [5.41, 5.74) is 0. The Morgan fingerprint density at radius 2 is 1.75 bits per heavy atom. The van der Waals surface area contributed by atoms with E-state index >= 15 is 0 Å². The molecule has 12 heavy (non-hydrogen) atoms. The average Bonchev–Trinajstić information content (AvgIpc) is 2.33. The van der Waals surface area contributed by atoms with Crippen molar-refractivity contribution in [1.29, 1.82) is 0 Å². The van der Waals surface area contributed by atoms with Crippen LogP contribution in [0.3, 0.4) is 0 Å². The van der Waals surface area contributed by atoms with Gasteiger partial charge in [0.15, 0.2) is 0 Å². The van der Waals surface area contributed by atoms with E-state index in [0.29, 0.717) is 6.54 Å². The van der Waals surface area contributed by atoms with Crippen molar-refractivity contribution in [3.8, 4) is 0 Å². The fraction of sp³-hybridized carbons (Fsp3) is 1.00. The maximum absolute atomic E-state index is 12.0. The summed E-state index contributed by atoms with van der Waals surface area (Å²) < 4.78 is 12.0.